The zero-order valence-electron chi connectivity index (χ0n) is 19.9. The summed E-state index contributed by atoms with van der Waals surface area (Å²) in [7, 11) is 0. The van der Waals surface area contributed by atoms with Crippen LogP contribution in [-0.2, 0) is 10.2 Å². The molecule has 0 radical (unpaired) electrons. The Morgan fingerprint density at radius 3 is 2.54 bits per heavy atom. The third-order valence-corrected chi connectivity index (χ3v) is 7.99. The second kappa shape index (κ2) is 9.40. The van der Waals surface area contributed by atoms with E-state index in [2.05, 4.69) is 41.4 Å². The number of hydrogen-bond donors (Lipinski definition) is 1. The molecule has 7 heteroatoms. The number of fused-ring (bicyclic) bond motifs is 3. The maximum absolute atomic E-state index is 11.7. The van der Waals surface area contributed by atoms with Crippen LogP contribution in [0.2, 0.25) is 0 Å². The molecule has 1 N–H and O–H groups in total. The van der Waals surface area contributed by atoms with Crippen LogP contribution in [0.15, 0.2) is 94.9 Å². The second-order valence-electron chi connectivity index (χ2n) is 9.20. The Labute approximate surface area is 218 Å². The van der Waals surface area contributed by atoms with Crippen molar-refractivity contribution in [2.24, 2.45) is 0 Å². The smallest absolute Gasteiger partial charge is 0.356 e. The summed E-state index contributed by atoms with van der Waals surface area (Å²) in [6, 6.07) is 29.0. The molecular weight excluding hydrogens is 482 g/mol. The molecule has 6 rings (SSSR count). The minimum Gasteiger partial charge on any atom is -0.476 e. The van der Waals surface area contributed by atoms with Gasteiger partial charge in [0.1, 0.15) is 5.65 Å². The summed E-state index contributed by atoms with van der Waals surface area (Å²) in [4.78, 5) is 18.1. The van der Waals surface area contributed by atoms with E-state index < -0.39 is 11.4 Å². The topological polar surface area (TPSA) is 87.6 Å². The molecule has 1 aliphatic heterocycles. The van der Waals surface area contributed by atoms with Gasteiger partial charge in [0.15, 0.2) is 5.69 Å². The van der Waals surface area contributed by atoms with Crippen LogP contribution in [-0.4, -0.2) is 33.7 Å². The fourth-order valence-electron chi connectivity index (χ4n) is 5.04. The maximum atomic E-state index is 11.7. The second-order valence-corrected chi connectivity index (χ2v) is 10.3. The van der Waals surface area contributed by atoms with Gasteiger partial charge in [0.2, 0.25) is 0 Å². The van der Waals surface area contributed by atoms with Gasteiger partial charge < -0.3 is 9.84 Å². The molecule has 1 saturated heterocycles. The number of benzene rings is 3. The van der Waals surface area contributed by atoms with E-state index in [1.54, 1.807) is 18.0 Å². The number of imidazole rings is 1. The summed E-state index contributed by atoms with van der Waals surface area (Å²) < 4.78 is 7.35. The summed E-state index contributed by atoms with van der Waals surface area (Å²) in [5, 5.41) is 20.6. The zero-order chi connectivity index (χ0) is 25.4. The summed E-state index contributed by atoms with van der Waals surface area (Å²) in [5.41, 5.74) is 4.03. The fraction of sp³-hybridized carbons (Fsp3) is 0.167. The largest absolute Gasteiger partial charge is 0.476 e. The quantitative estimate of drug-likeness (QED) is 0.290. The number of aromatic nitrogens is 2. The number of nitriles is 1. The number of hydrogen-bond acceptors (Lipinski definition) is 5. The zero-order valence-corrected chi connectivity index (χ0v) is 20.7. The van der Waals surface area contributed by atoms with Crippen LogP contribution >= 0.6 is 11.8 Å². The van der Waals surface area contributed by atoms with Crippen LogP contribution in [0.3, 0.4) is 0 Å². The van der Waals surface area contributed by atoms with Crippen molar-refractivity contribution < 1.29 is 14.6 Å². The van der Waals surface area contributed by atoms with Crippen molar-refractivity contribution in [1.82, 2.24) is 9.38 Å². The normalized spacial score (nSPS) is 15.0. The molecule has 3 aromatic carbocycles. The van der Waals surface area contributed by atoms with Crippen molar-refractivity contribution in [2.75, 3.05) is 13.2 Å². The molecule has 1 aliphatic rings. The molecule has 0 spiro atoms. The third-order valence-electron chi connectivity index (χ3n) is 7.01. The predicted molar refractivity (Wildman–Crippen MR) is 143 cm³/mol. The SMILES string of the molecule is N#CC1(c2cccc(Sc3ccc4c(-c5ccccc5)cc5nc(C(=O)O)cn5c4c3)c2)CCOCC1. The first-order valence-corrected chi connectivity index (χ1v) is 12.9. The number of carboxylic acids is 1. The average Bonchev–Trinajstić information content (AvgIpc) is 3.39. The Bertz CT molecular complexity index is 1680. The van der Waals surface area contributed by atoms with Crippen molar-refractivity contribution in [2.45, 2.75) is 28.0 Å². The maximum Gasteiger partial charge on any atom is 0.356 e. The van der Waals surface area contributed by atoms with Crippen molar-refractivity contribution in [3.63, 3.8) is 0 Å². The molecule has 0 amide bonds. The van der Waals surface area contributed by atoms with Crippen LogP contribution in [0.5, 0.6) is 0 Å². The minimum absolute atomic E-state index is 0.00975. The summed E-state index contributed by atoms with van der Waals surface area (Å²) >= 11 is 1.62. The Hall–Kier alpha value is -4.12. The van der Waals surface area contributed by atoms with E-state index in [1.807, 2.05) is 52.9 Å². The Morgan fingerprint density at radius 2 is 1.78 bits per heavy atom. The molecule has 0 saturated carbocycles. The number of pyridine rings is 1. The Morgan fingerprint density at radius 1 is 1.00 bits per heavy atom. The van der Waals surface area contributed by atoms with E-state index in [0.717, 1.165) is 37.4 Å². The third kappa shape index (κ3) is 4.25. The summed E-state index contributed by atoms with van der Waals surface area (Å²) in [5.74, 6) is -1.06. The Balaban J connectivity index is 1.45. The van der Waals surface area contributed by atoms with Gasteiger partial charge in [0, 0.05) is 34.6 Å². The van der Waals surface area contributed by atoms with Crippen molar-refractivity contribution in [3.05, 3.63) is 96.3 Å². The highest BCUT2D eigenvalue weighted by atomic mass is 32.2. The van der Waals surface area contributed by atoms with Gasteiger partial charge in [0.25, 0.3) is 0 Å². The lowest BCUT2D eigenvalue weighted by Gasteiger charge is -2.31. The molecule has 0 atom stereocenters. The van der Waals surface area contributed by atoms with E-state index in [-0.39, 0.29) is 5.69 Å². The molecule has 5 aromatic rings. The lowest BCUT2D eigenvalue weighted by molar-refractivity contribution is 0.0674. The highest BCUT2D eigenvalue weighted by molar-refractivity contribution is 7.99. The number of ether oxygens (including phenoxy) is 1. The molecule has 6 nitrogen and oxygen atoms in total. The fourth-order valence-corrected chi connectivity index (χ4v) is 5.95. The van der Waals surface area contributed by atoms with Crippen molar-refractivity contribution in [3.8, 4) is 17.2 Å². The lowest BCUT2D eigenvalue weighted by atomic mass is 9.75. The summed E-state index contributed by atoms with van der Waals surface area (Å²) in [6.45, 7) is 1.19. The number of carbonyl (C=O) groups is 1. The van der Waals surface area contributed by atoms with E-state index >= 15 is 0 Å². The molecule has 37 heavy (non-hydrogen) atoms. The van der Waals surface area contributed by atoms with Crippen molar-refractivity contribution >= 4 is 34.3 Å². The molecule has 0 unspecified atom stereocenters. The van der Waals surface area contributed by atoms with Crippen LogP contribution in [0.4, 0.5) is 0 Å². The number of nitrogens with zero attached hydrogens (tertiary/aromatic N) is 3. The number of rotatable bonds is 5. The standard InChI is InChI=1S/C30H23N3O3S/c31-19-30(11-13-36-14-12-30)21-7-4-8-22(15-21)37-23-9-10-24-25(20-5-2-1-3-6-20)17-28-32-26(29(34)35)18-33(28)27(24)16-23/h1-10,15-18H,11-14H2,(H,34,35). The first-order valence-electron chi connectivity index (χ1n) is 12.1. The van der Waals surface area contributed by atoms with Crippen LogP contribution in [0.25, 0.3) is 27.7 Å². The molecule has 0 aliphatic carbocycles. The van der Waals surface area contributed by atoms with E-state index in [4.69, 9.17) is 4.74 Å². The minimum atomic E-state index is -1.06. The van der Waals surface area contributed by atoms with E-state index in [1.165, 1.54) is 0 Å². The lowest BCUT2D eigenvalue weighted by Crippen LogP contribution is -2.32. The molecule has 0 bridgehead atoms. The predicted octanol–water partition coefficient (Wildman–Crippen LogP) is 6.58. The van der Waals surface area contributed by atoms with Crippen LogP contribution in [0, 0.1) is 11.3 Å². The summed E-state index contributed by atoms with van der Waals surface area (Å²) in [6.07, 6.45) is 2.96. The van der Waals surface area contributed by atoms with Crippen LogP contribution in [0.1, 0.15) is 28.9 Å². The van der Waals surface area contributed by atoms with Gasteiger partial charge >= 0.3 is 5.97 Å². The van der Waals surface area contributed by atoms with E-state index in [0.29, 0.717) is 31.7 Å². The molecule has 2 aromatic heterocycles. The van der Waals surface area contributed by atoms with Gasteiger partial charge in [-0.1, -0.05) is 60.3 Å². The molecule has 182 valence electrons. The highest BCUT2D eigenvalue weighted by Crippen LogP contribution is 2.39. The van der Waals surface area contributed by atoms with E-state index in [9.17, 15) is 15.2 Å². The number of carboxylic acid groups (broad SMARTS) is 1. The molecule has 1 fully saturated rings. The van der Waals surface area contributed by atoms with Gasteiger partial charge in [0.05, 0.1) is 17.0 Å². The average molecular weight is 506 g/mol. The van der Waals surface area contributed by atoms with Crippen molar-refractivity contribution in [1.29, 1.82) is 5.26 Å². The Kier molecular flexibility index (Phi) is 5.91. The van der Waals surface area contributed by atoms with Gasteiger partial charge in [-0.15, -0.1) is 0 Å². The van der Waals surface area contributed by atoms with Crippen LogP contribution < -0.4 is 0 Å². The van der Waals surface area contributed by atoms with Gasteiger partial charge in [-0.05, 0) is 59.9 Å². The van der Waals surface area contributed by atoms with Gasteiger partial charge in [-0.2, -0.15) is 5.26 Å². The first kappa shape index (κ1) is 23.3. The van der Waals surface area contributed by atoms with Gasteiger partial charge in [-0.25, -0.2) is 9.78 Å². The molecular formula is C30H23N3O3S. The number of aromatic carboxylic acids is 1. The first-order chi connectivity index (χ1) is 18.1. The monoisotopic (exact) mass is 505 g/mol. The highest BCUT2D eigenvalue weighted by Gasteiger charge is 2.34. The van der Waals surface area contributed by atoms with Gasteiger partial charge in [-0.3, -0.25) is 4.40 Å². The molecule has 3 heterocycles.